The molecule has 14 heavy (non-hydrogen) atoms. The van der Waals surface area contributed by atoms with Gasteiger partial charge in [-0.1, -0.05) is 6.92 Å². The highest BCUT2D eigenvalue weighted by molar-refractivity contribution is 5.72. The van der Waals surface area contributed by atoms with E-state index in [0.717, 1.165) is 0 Å². The second-order valence-electron chi connectivity index (χ2n) is 2.92. The van der Waals surface area contributed by atoms with Gasteiger partial charge in [0.05, 0.1) is 18.8 Å². The summed E-state index contributed by atoms with van der Waals surface area (Å²) in [7, 11) is 1.47. The van der Waals surface area contributed by atoms with Gasteiger partial charge >= 0.3 is 0 Å². The van der Waals surface area contributed by atoms with Gasteiger partial charge in [0.15, 0.2) is 0 Å². The zero-order chi connectivity index (χ0) is 10.7. The van der Waals surface area contributed by atoms with Gasteiger partial charge in [0.25, 0.3) is 0 Å². The first-order chi connectivity index (χ1) is 6.54. The average Bonchev–Trinajstić information content (AvgIpc) is 2.15. The highest BCUT2D eigenvalue weighted by Crippen LogP contribution is 2.16. The summed E-state index contributed by atoms with van der Waals surface area (Å²) < 4.78 is 4.90. The fourth-order valence-corrected chi connectivity index (χ4v) is 1.01. The lowest BCUT2D eigenvalue weighted by Crippen LogP contribution is -2.28. The summed E-state index contributed by atoms with van der Waals surface area (Å²) in [6, 6.07) is 1.49. The van der Waals surface area contributed by atoms with E-state index in [-0.39, 0.29) is 0 Å². The van der Waals surface area contributed by atoms with Crippen LogP contribution in [0, 0.1) is 6.92 Å². The predicted octanol–water partition coefficient (Wildman–Crippen LogP) is -0.353. The van der Waals surface area contributed by atoms with Gasteiger partial charge in [-0.2, -0.15) is 4.98 Å². The Labute approximate surface area is 81.8 Å². The number of nitrogens with zero attached hydrogens (tertiary/aromatic N) is 2. The first-order valence-corrected chi connectivity index (χ1v) is 4.15. The Morgan fingerprint density at radius 2 is 2.21 bits per heavy atom. The molecule has 0 aliphatic rings. The van der Waals surface area contributed by atoms with Crippen LogP contribution in [0.25, 0.3) is 0 Å². The maximum Gasteiger partial charge on any atom is 0.216 e. The summed E-state index contributed by atoms with van der Waals surface area (Å²) in [5.41, 5.74) is 0.398. The number of carbonyl (C=O) groups excluding carboxylic acids is 1. The number of ether oxygens (including phenoxy) is 1. The minimum atomic E-state index is -1.16. The lowest BCUT2D eigenvalue weighted by molar-refractivity contribution is -0.307. The Balaban J connectivity index is 3.08. The molecule has 5 nitrogen and oxygen atoms in total. The van der Waals surface area contributed by atoms with Crippen LogP contribution >= 0.6 is 0 Å². The Morgan fingerprint density at radius 1 is 1.57 bits per heavy atom. The van der Waals surface area contributed by atoms with Crippen molar-refractivity contribution in [3.8, 4) is 5.88 Å². The third kappa shape index (κ3) is 2.18. The number of carbonyl (C=O) groups is 1. The van der Waals surface area contributed by atoms with Crippen molar-refractivity contribution in [2.75, 3.05) is 7.11 Å². The quantitative estimate of drug-likeness (QED) is 0.658. The molecule has 0 spiro atoms. The second kappa shape index (κ2) is 4.04. The largest absolute Gasteiger partial charge is 0.549 e. The van der Waals surface area contributed by atoms with E-state index >= 15 is 0 Å². The lowest BCUT2D eigenvalue weighted by atomic mass is 10.1. The van der Waals surface area contributed by atoms with E-state index in [1.807, 2.05) is 0 Å². The fourth-order valence-electron chi connectivity index (χ4n) is 1.01. The SMILES string of the molecule is COc1cc(C(C)C(=O)[O-])nc(C)n1. The molecule has 0 aliphatic carbocycles. The molecule has 0 saturated heterocycles. The summed E-state index contributed by atoms with van der Waals surface area (Å²) in [6.07, 6.45) is 0. The number of rotatable bonds is 3. The van der Waals surface area contributed by atoms with Crippen LogP contribution in [0.1, 0.15) is 24.4 Å². The molecule has 0 aliphatic heterocycles. The third-order valence-corrected chi connectivity index (χ3v) is 1.84. The molecular weight excluding hydrogens is 184 g/mol. The number of aryl methyl sites for hydroxylation is 1. The van der Waals surface area contributed by atoms with E-state index in [2.05, 4.69) is 9.97 Å². The standard InChI is InChI=1S/C9H12N2O3/c1-5(9(12)13)7-4-8(14-3)11-6(2)10-7/h4-5H,1-3H3,(H,12,13)/p-1. The van der Waals surface area contributed by atoms with Crippen molar-refractivity contribution < 1.29 is 14.6 Å². The molecule has 1 heterocycles. The van der Waals surface area contributed by atoms with Gasteiger partial charge in [-0.15, -0.1) is 0 Å². The second-order valence-corrected chi connectivity index (χ2v) is 2.92. The topological polar surface area (TPSA) is 75.1 Å². The van der Waals surface area contributed by atoms with Crippen LogP contribution in [-0.2, 0) is 4.79 Å². The monoisotopic (exact) mass is 195 g/mol. The summed E-state index contributed by atoms with van der Waals surface area (Å²) in [5, 5.41) is 10.6. The van der Waals surface area contributed by atoms with Crippen molar-refractivity contribution in [2.45, 2.75) is 19.8 Å². The predicted molar refractivity (Wildman–Crippen MR) is 46.7 cm³/mol. The van der Waals surface area contributed by atoms with Crippen LogP contribution < -0.4 is 9.84 Å². The van der Waals surface area contributed by atoms with Crippen molar-refractivity contribution in [1.29, 1.82) is 0 Å². The van der Waals surface area contributed by atoms with Crippen molar-refractivity contribution >= 4 is 5.97 Å². The number of carboxylic acids is 1. The molecule has 1 aromatic heterocycles. The van der Waals surface area contributed by atoms with Crippen molar-refractivity contribution in [3.05, 3.63) is 17.6 Å². The molecule has 1 aromatic rings. The van der Waals surface area contributed by atoms with Gasteiger partial charge in [0.1, 0.15) is 5.82 Å². The summed E-state index contributed by atoms with van der Waals surface area (Å²) in [6.45, 7) is 3.19. The molecule has 1 unspecified atom stereocenters. The van der Waals surface area contributed by atoms with E-state index in [1.165, 1.54) is 20.1 Å². The Bertz CT molecular complexity index is 352. The molecule has 0 bridgehead atoms. The van der Waals surface area contributed by atoms with E-state index in [4.69, 9.17) is 4.74 Å². The van der Waals surface area contributed by atoms with Crippen LogP contribution in [-0.4, -0.2) is 23.0 Å². The molecule has 76 valence electrons. The van der Waals surface area contributed by atoms with Gasteiger partial charge in [0, 0.05) is 12.0 Å². The van der Waals surface area contributed by atoms with Crippen LogP contribution in [0.2, 0.25) is 0 Å². The lowest BCUT2D eigenvalue weighted by Gasteiger charge is -2.12. The molecule has 0 aromatic carbocycles. The number of carboxylic acid groups (broad SMARTS) is 1. The van der Waals surface area contributed by atoms with Crippen molar-refractivity contribution in [1.82, 2.24) is 9.97 Å². The highest BCUT2D eigenvalue weighted by atomic mass is 16.5. The molecule has 5 heteroatoms. The van der Waals surface area contributed by atoms with Gasteiger partial charge in [-0.05, 0) is 6.92 Å². The van der Waals surface area contributed by atoms with Crippen molar-refractivity contribution in [3.63, 3.8) is 0 Å². The maximum absolute atomic E-state index is 10.6. The third-order valence-electron chi connectivity index (χ3n) is 1.84. The Morgan fingerprint density at radius 3 is 2.71 bits per heavy atom. The van der Waals surface area contributed by atoms with Gasteiger partial charge < -0.3 is 14.6 Å². The first-order valence-electron chi connectivity index (χ1n) is 4.15. The molecular formula is C9H11N2O3-. The zero-order valence-corrected chi connectivity index (χ0v) is 8.27. The average molecular weight is 195 g/mol. The minimum absolute atomic E-state index is 0.362. The zero-order valence-electron chi connectivity index (χ0n) is 8.27. The smallest absolute Gasteiger partial charge is 0.216 e. The Kier molecular flexibility index (Phi) is 3.01. The number of aliphatic carboxylic acids is 1. The van der Waals surface area contributed by atoms with Crippen LogP contribution in [0.15, 0.2) is 6.07 Å². The van der Waals surface area contributed by atoms with Crippen LogP contribution in [0.5, 0.6) is 5.88 Å². The molecule has 1 atom stereocenters. The van der Waals surface area contributed by atoms with Gasteiger partial charge in [-0.25, -0.2) is 4.98 Å². The first kappa shape index (κ1) is 10.4. The molecule has 0 fully saturated rings. The van der Waals surface area contributed by atoms with E-state index in [9.17, 15) is 9.90 Å². The molecule has 0 saturated carbocycles. The van der Waals surface area contributed by atoms with Gasteiger partial charge in [0.2, 0.25) is 5.88 Å². The van der Waals surface area contributed by atoms with Crippen LogP contribution in [0.3, 0.4) is 0 Å². The summed E-state index contributed by atoms with van der Waals surface area (Å²) >= 11 is 0. The van der Waals surface area contributed by atoms with Crippen molar-refractivity contribution in [2.24, 2.45) is 0 Å². The van der Waals surface area contributed by atoms with Gasteiger partial charge in [-0.3, -0.25) is 0 Å². The number of hydrogen-bond acceptors (Lipinski definition) is 5. The number of methoxy groups -OCH3 is 1. The molecule has 0 radical (unpaired) electrons. The number of aromatic nitrogens is 2. The van der Waals surface area contributed by atoms with Crippen LogP contribution in [0.4, 0.5) is 0 Å². The summed E-state index contributed by atoms with van der Waals surface area (Å²) in [4.78, 5) is 18.5. The minimum Gasteiger partial charge on any atom is -0.549 e. The fraction of sp³-hybridized carbons (Fsp3) is 0.444. The molecule has 0 N–H and O–H groups in total. The summed E-state index contributed by atoms with van der Waals surface area (Å²) in [5.74, 6) is -1.08. The van der Waals surface area contributed by atoms with E-state index in [1.54, 1.807) is 6.92 Å². The van der Waals surface area contributed by atoms with E-state index in [0.29, 0.717) is 17.4 Å². The normalized spacial score (nSPS) is 12.2. The maximum atomic E-state index is 10.6. The number of hydrogen-bond donors (Lipinski definition) is 0. The van der Waals surface area contributed by atoms with E-state index < -0.39 is 11.9 Å². The molecule has 0 amide bonds. The highest BCUT2D eigenvalue weighted by Gasteiger charge is 2.10. The molecule has 1 rings (SSSR count). The Hall–Kier alpha value is -1.65.